The molecule has 0 saturated heterocycles. The first kappa shape index (κ1) is 12.7. The lowest BCUT2D eigenvalue weighted by Gasteiger charge is -2.09. The topological polar surface area (TPSA) is 46.5 Å². The molecule has 1 aromatic rings. The molecule has 2 rings (SSSR count). The SMILES string of the molecule is CC1(C)C(Oc2ccc(Br)cc2Cl)C1C(=O)O. The highest BCUT2D eigenvalue weighted by Gasteiger charge is 2.65. The van der Waals surface area contributed by atoms with Gasteiger partial charge in [-0.15, -0.1) is 0 Å². The number of halogens is 2. The molecule has 0 aliphatic heterocycles. The lowest BCUT2D eigenvalue weighted by atomic mass is 10.1. The molecule has 1 aromatic carbocycles. The van der Waals surface area contributed by atoms with Gasteiger partial charge in [-0.2, -0.15) is 0 Å². The van der Waals surface area contributed by atoms with Crippen molar-refractivity contribution < 1.29 is 14.6 Å². The van der Waals surface area contributed by atoms with Crippen LogP contribution in [0.25, 0.3) is 0 Å². The van der Waals surface area contributed by atoms with E-state index in [1.54, 1.807) is 12.1 Å². The summed E-state index contributed by atoms with van der Waals surface area (Å²) < 4.78 is 6.53. The zero-order chi connectivity index (χ0) is 12.8. The van der Waals surface area contributed by atoms with Gasteiger partial charge in [-0.1, -0.05) is 41.4 Å². The van der Waals surface area contributed by atoms with Gasteiger partial charge in [-0.05, 0) is 18.2 Å². The van der Waals surface area contributed by atoms with Crippen molar-refractivity contribution in [3.63, 3.8) is 0 Å². The summed E-state index contributed by atoms with van der Waals surface area (Å²) in [7, 11) is 0. The van der Waals surface area contributed by atoms with E-state index >= 15 is 0 Å². The molecule has 0 aromatic heterocycles. The van der Waals surface area contributed by atoms with E-state index in [0.29, 0.717) is 10.8 Å². The largest absolute Gasteiger partial charge is 0.487 e. The highest BCUT2D eigenvalue weighted by molar-refractivity contribution is 9.10. The van der Waals surface area contributed by atoms with Gasteiger partial charge in [0.25, 0.3) is 0 Å². The zero-order valence-corrected chi connectivity index (χ0v) is 11.7. The normalized spacial score (nSPS) is 25.4. The van der Waals surface area contributed by atoms with E-state index in [0.717, 1.165) is 4.47 Å². The van der Waals surface area contributed by atoms with Crippen LogP contribution in [0.2, 0.25) is 5.02 Å². The van der Waals surface area contributed by atoms with Crippen molar-refractivity contribution in [1.29, 1.82) is 0 Å². The molecule has 1 aliphatic carbocycles. The van der Waals surface area contributed by atoms with Crippen LogP contribution in [0.4, 0.5) is 0 Å². The Kier molecular flexibility index (Phi) is 3.12. The monoisotopic (exact) mass is 318 g/mol. The van der Waals surface area contributed by atoms with E-state index in [2.05, 4.69) is 15.9 Å². The molecule has 0 radical (unpaired) electrons. The maximum atomic E-state index is 11.0. The number of carboxylic acids is 1. The summed E-state index contributed by atoms with van der Waals surface area (Å²) >= 11 is 9.32. The molecular formula is C12H12BrClO3. The smallest absolute Gasteiger partial charge is 0.310 e. The fourth-order valence-electron chi connectivity index (χ4n) is 1.97. The molecule has 3 nitrogen and oxygen atoms in total. The van der Waals surface area contributed by atoms with Gasteiger partial charge in [0.2, 0.25) is 0 Å². The van der Waals surface area contributed by atoms with E-state index < -0.39 is 11.9 Å². The molecule has 92 valence electrons. The van der Waals surface area contributed by atoms with Crippen LogP contribution < -0.4 is 4.74 Å². The molecule has 1 aliphatic rings. The van der Waals surface area contributed by atoms with Gasteiger partial charge < -0.3 is 9.84 Å². The van der Waals surface area contributed by atoms with E-state index in [1.165, 1.54) is 0 Å². The van der Waals surface area contributed by atoms with E-state index in [-0.39, 0.29) is 11.5 Å². The summed E-state index contributed by atoms with van der Waals surface area (Å²) in [6.45, 7) is 3.76. The first-order chi connectivity index (χ1) is 7.84. The molecule has 1 saturated carbocycles. The van der Waals surface area contributed by atoms with Crippen LogP contribution >= 0.6 is 27.5 Å². The summed E-state index contributed by atoms with van der Waals surface area (Å²) in [5.41, 5.74) is -0.345. The van der Waals surface area contributed by atoms with Crippen molar-refractivity contribution in [3.05, 3.63) is 27.7 Å². The Bertz CT molecular complexity index is 473. The minimum absolute atomic E-state index is 0.321. The molecule has 2 atom stereocenters. The second-order valence-corrected chi connectivity index (χ2v) is 6.07. The Labute approximate surface area is 113 Å². The van der Waals surface area contributed by atoms with E-state index in [4.69, 9.17) is 21.4 Å². The number of hydrogen-bond donors (Lipinski definition) is 1. The molecule has 1 fully saturated rings. The Hall–Kier alpha value is -0.740. The predicted molar refractivity (Wildman–Crippen MR) is 68.5 cm³/mol. The highest BCUT2D eigenvalue weighted by Crippen LogP contribution is 2.54. The van der Waals surface area contributed by atoms with Crippen LogP contribution in [0.15, 0.2) is 22.7 Å². The highest BCUT2D eigenvalue weighted by atomic mass is 79.9. The number of carboxylic acid groups (broad SMARTS) is 1. The summed E-state index contributed by atoms with van der Waals surface area (Å²) in [5.74, 6) is -0.771. The van der Waals surface area contributed by atoms with Crippen molar-refractivity contribution in [2.24, 2.45) is 11.3 Å². The fraction of sp³-hybridized carbons (Fsp3) is 0.417. The lowest BCUT2D eigenvalue weighted by molar-refractivity contribution is -0.139. The minimum atomic E-state index is -0.826. The van der Waals surface area contributed by atoms with Gasteiger partial charge in [-0.3, -0.25) is 4.79 Å². The van der Waals surface area contributed by atoms with Crippen molar-refractivity contribution in [1.82, 2.24) is 0 Å². The first-order valence-corrected chi connectivity index (χ1v) is 6.35. The van der Waals surface area contributed by atoms with Gasteiger partial charge in [-0.25, -0.2) is 0 Å². The molecule has 5 heteroatoms. The van der Waals surface area contributed by atoms with Crippen LogP contribution in [-0.2, 0) is 4.79 Å². The molecule has 0 heterocycles. The number of rotatable bonds is 3. The Morgan fingerprint density at radius 3 is 2.65 bits per heavy atom. The van der Waals surface area contributed by atoms with Crippen LogP contribution in [0.1, 0.15) is 13.8 Å². The second kappa shape index (κ2) is 4.18. The van der Waals surface area contributed by atoms with Crippen LogP contribution in [0.5, 0.6) is 5.75 Å². The predicted octanol–water partition coefficient (Wildman–Crippen LogP) is 3.59. The summed E-state index contributed by atoms with van der Waals surface area (Å²) in [4.78, 5) is 11.0. The first-order valence-electron chi connectivity index (χ1n) is 5.18. The van der Waals surface area contributed by atoms with Crippen LogP contribution in [-0.4, -0.2) is 17.2 Å². The third-order valence-electron chi connectivity index (χ3n) is 3.14. The quantitative estimate of drug-likeness (QED) is 0.926. The Morgan fingerprint density at radius 2 is 2.18 bits per heavy atom. The van der Waals surface area contributed by atoms with E-state index in [9.17, 15) is 4.79 Å². The Balaban J connectivity index is 2.15. The van der Waals surface area contributed by atoms with Gasteiger partial charge >= 0.3 is 5.97 Å². The maximum Gasteiger partial charge on any atom is 0.310 e. The molecule has 1 N–H and O–H groups in total. The summed E-state index contributed by atoms with van der Waals surface area (Å²) in [6, 6.07) is 5.27. The third-order valence-corrected chi connectivity index (χ3v) is 3.93. The molecule has 2 unspecified atom stereocenters. The summed E-state index contributed by atoms with van der Waals surface area (Å²) in [5, 5.41) is 9.51. The van der Waals surface area contributed by atoms with Gasteiger partial charge in [0.15, 0.2) is 0 Å². The third kappa shape index (κ3) is 2.29. The molecule has 0 spiro atoms. The van der Waals surface area contributed by atoms with Crippen molar-refractivity contribution in [2.75, 3.05) is 0 Å². The standard InChI is InChI=1S/C12H12BrClO3/c1-12(2)9(11(15)16)10(12)17-8-4-3-6(13)5-7(8)14/h3-5,9-10H,1-2H3,(H,15,16). The number of hydrogen-bond acceptors (Lipinski definition) is 2. The van der Waals surface area contributed by atoms with Gasteiger partial charge in [0.1, 0.15) is 17.8 Å². The van der Waals surface area contributed by atoms with Gasteiger partial charge in [0.05, 0.1) is 5.02 Å². The number of aliphatic carboxylic acids is 1. The van der Waals surface area contributed by atoms with Gasteiger partial charge in [0, 0.05) is 9.89 Å². The maximum absolute atomic E-state index is 11.0. The van der Waals surface area contributed by atoms with Crippen molar-refractivity contribution in [2.45, 2.75) is 20.0 Å². The summed E-state index contributed by atoms with van der Waals surface area (Å²) in [6.07, 6.45) is -0.321. The van der Waals surface area contributed by atoms with Crippen molar-refractivity contribution in [3.8, 4) is 5.75 Å². The average Bonchev–Trinajstić information content (AvgIpc) is 2.73. The zero-order valence-electron chi connectivity index (χ0n) is 9.41. The molecular weight excluding hydrogens is 307 g/mol. The van der Waals surface area contributed by atoms with Crippen molar-refractivity contribution >= 4 is 33.5 Å². The van der Waals surface area contributed by atoms with E-state index in [1.807, 2.05) is 19.9 Å². The molecule has 0 bridgehead atoms. The second-order valence-electron chi connectivity index (χ2n) is 4.75. The lowest BCUT2D eigenvalue weighted by Crippen LogP contribution is -2.07. The Morgan fingerprint density at radius 1 is 1.53 bits per heavy atom. The minimum Gasteiger partial charge on any atom is -0.487 e. The van der Waals surface area contributed by atoms with Crippen LogP contribution in [0, 0.1) is 11.3 Å². The number of ether oxygens (including phenoxy) is 1. The average molecular weight is 320 g/mol. The molecule has 0 amide bonds. The fourth-order valence-corrected chi connectivity index (χ4v) is 2.68. The molecule has 17 heavy (non-hydrogen) atoms. The number of benzene rings is 1. The number of carbonyl (C=O) groups is 1. The van der Waals surface area contributed by atoms with Crippen LogP contribution in [0.3, 0.4) is 0 Å².